The van der Waals surface area contributed by atoms with E-state index in [1.807, 2.05) is 43.3 Å². The molecule has 2 aromatic rings. The molecule has 0 aromatic heterocycles. The number of halogens is 1. The topological polar surface area (TPSA) is 41.1 Å². The van der Waals surface area contributed by atoms with Gasteiger partial charge >= 0.3 is 0 Å². The van der Waals surface area contributed by atoms with Crippen LogP contribution in [0.25, 0.3) is 0 Å². The summed E-state index contributed by atoms with van der Waals surface area (Å²) in [5, 5.41) is 6.17. The quantitative estimate of drug-likeness (QED) is 0.836. The maximum absolute atomic E-state index is 11.5. The van der Waals surface area contributed by atoms with E-state index in [2.05, 4.69) is 38.7 Å². The molecule has 0 unspecified atom stereocenters. The largest absolute Gasteiger partial charge is 0.381 e. The average Bonchev–Trinajstić information content (AvgIpc) is 2.48. The van der Waals surface area contributed by atoms with Gasteiger partial charge in [-0.1, -0.05) is 40.2 Å². The zero-order valence-corrected chi connectivity index (χ0v) is 13.6. The first-order chi connectivity index (χ1) is 10.2. The normalized spacial score (nSPS) is 10.2. The molecule has 0 aliphatic rings. The Morgan fingerprint density at radius 3 is 2.24 bits per heavy atom. The number of rotatable bonds is 6. The van der Waals surface area contributed by atoms with Gasteiger partial charge in [-0.3, -0.25) is 4.79 Å². The lowest BCUT2D eigenvalue weighted by Crippen LogP contribution is -2.24. The van der Waals surface area contributed by atoms with Crippen molar-refractivity contribution >= 4 is 27.5 Å². The maximum atomic E-state index is 11.5. The number of hydrogen-bond donors (Lipinski definition) is 2. The number of amides is 1. The molecule has 21 heavy (non-hydrogen) atoms. The third kappa shape index (κ3) is 5.23. The number of benzene rings is 2. The molecule has 2 aromatic carbocycles. The summed E-state index contributed by atoms with van der Waals surface area (Å²) in [7, 11) is 0. The van der Waals surface area contributed by atoms with Crippen molar-refractivity contribution in [2.24, 2.45) is 0 Å². The van der Waals surface area contributed by atoms with Crippen molar-refractivity contribution in [1.29, 1.82) is 0 Å². The Bertz CT molecular complexity index is 579. The molecule has 2 rings (SSSR count). The van der Waals surface area contributed by atoms with E-state index in [0.717, 1.165) is 22.3 Å². The van der Waals surface area contributed by atoms with E-state index in [0.29, 0.717) is 13.0 Å². The summed E-state index contributed by atoms with van der Waals surface area (Å²) < 4.78 is 1.08. The van der Waals surface area contributed by atoms with E-state index >= 15 is 0 Å². The fourth-order valence-electron chi connectivity index (χ4n) is 1.99. The van der Waals surface area contributed by atoms with E-state index in [-0.39, 0.29) is 5.91 Å². The van der Waals surface area contributed by atoms with Crippen LogP contribution in [0.2, 0.25) is 0 Å². The van der Waals surface area contributed by atoms with Gasteiger partial charge in [0, 0.05) is 23.2 Å². The van der Waals surface area contributed by atoms with Crippen LogP contribution in [0.1, 0.15) is 18.1 Å². The van der Waals surface area contributed by atoms with Crippen molar-refractivity contribution < 1.29 is 4.79 Å². The van der Waals surface area contributed by atoms with Gasteiger partial charge in [0.2, 0.25) is 5.91 Å². The van der Waals surface area contributed by atoms with Crippen LogP contribution in [0.15, 0.2) is 53.0 Å². The van der Waals surface area contributed by atoms with Crippen molar-refractivity contribution in [1.82, 2.24) is 5.32 Å². The average molecular weight is 347 g/mol. The number of carbonyl (C=O) groups excluding carboxylic acids is 1. The molecular weight excluding hydrogens is 328 g/mol. The van der Waals surface area contributed by atoms with Crippen LogP contribution in [0.4, 0.5) is 5.69 Å². The number of anilines is 1. The Labute approximate surface area is 133 Å². The molecule has 4 heteroatoms. The highest BCUT2D eigenvalue weighted by Crippen LogP contribution is 2.14. The molecule has 0 aliphatic carbocycles. The van der Waals surface area contributed by atoms with Gasteiger partial charge in [0.15, 0.2) is 0 Å². The van der Waals surface area contributed by atoms with Crippen molar-refractivity contribution in [2.75, 3.05) is 11.9 Å². The van der Waals surface area contributed by atoms with Crippen LogP contribution in [-0.2, 0) is 17.8 Å². The highest BCUT2D eigenvalue weighted by molar-refractivity contribution is 9.10. The molecule has 0 atom stereocenters. The summed E-state index contributed by atoms with van der Waals surface area (Å²) in [5.41, 5.74) is 3.30. The second-order valence-corrected chi connectivity index (χ2v) is 5.72. The fraction of sp³-hybridized carbons (Fsp3) is 0.235. The van der Waals surface area contributed by atoms with Gasteiger partial charge in [-0.15, -0.1) is 0 Å². The Morgan fingerprint density at radius 2 is 1.62 bits per heavy atom. The van der Waals surface area contributed by atoms with Crippen molar-refractivity contribution in [3.63, 3.8) is 0 Å². The summed E-state index contributed by atoms with van der Waals surface area (Å²) in [6, 6.07) is 16.2. The first-order valence-corrected chi connectivity index (χ1v) is 7.80. The molecule has 0 spiro atoms. The lowest BCUT2D eigenvalue weighted by atomic mass is 10.1. The van der Waals surface area contributed by atoms with Gasteiger partial charge < -0.3 is 10.6 Å². The maximum Gasteiger partial charge on any atom is 0.224 e. The third-order valence-corrected chi connectivity index (χ3v) is 3.63. The van der Waals surface area contributed by atoms with Crippen molar-refractivity contribution in [3.8, 4) is 0 Å². The molecule has 1 amide bonds. The van der Waals surface area contributed by atoms with Crippen LogP contribution in [0.5, 0.6) is 0 Å². The Balaban J connectivity index is 1.87. The van der Waals surface area contributed by atoms with Crippen LogP contribution in [0.3, 0.4) is 0 Å². The van der Waals surface area contributed by atoms with Crippen molar-refractivity contribution in [3.05, 3.63) is 64.1 Å². The van der Waals surface area contributed by atoms with Gasteiger partial charge in [0.25, 0.3) is 0 Å². The molecular formula is C17H19BrN2O. The van der Waals surface area contributed by atoms with Crippen LogP contribution >= 0.6 is 15.9 Å². The van der Waals surface area contributed by atoms with E-state index in [9.17, 15) is 4.79 Å². The van der Waals surface area contributed by atoms with Crippen LogP contribution in [0, 0.1) is 0 Å². The zero-order valence-electron chi connectivity index (χ0n) is 12.0. The molecule has 0 heterocycles. The third-order valence-electron chi connectivity index (χ3n) is 3.10. The van der Waals surface area contributed by atoms with Gasteiger partial charge in [-0.25, -0.2) is 0 Å². The van der Waals surface area contributed by atoms with E-state index in [4.69, 9.17) is 0 Å². The Morgan fingerprint density at radius 1 is 1.00 bits per heavy atom. The second-order valence-electron chi connectivity index (χ2n) is 4.81. The fourth-order valence-corrected chi connectivity index (χ4v) is 2.26. The number of nitrogens with one attached hydrogen (secondary N) is 2. The number of carbonyl (C=O) groups is 1. The summed E-state index contributed by atoms with van der Waals surface area (Å²) in [6.07, 6.45) is 0.431. The smallest absolute Gasteiger partial charge is 0.224 e. The highest BCUT2D eigenvalue weighted by Gasteiger charge is 2.02. The standard InChI is InChI=1S/C17H19BrN2O/c1-2-19-17(21)11-13-5-9-16(10-6-13)20-12-14-3-7-15(18)8-4-14/h3-10,20H,2,11-12H2,1H3,(H,19,21). The summed E-state index contributed by atoms with van der Waals surface area (Å²) >= 11 is 3.43. The molecule has 2 N–H and O–H groups in total. The monoisotopic (exact) mass is 346 g/mol. The molecule has 0 bridgehead atoms. The predicted octanol–water partition coefficient (Wildman–Crippen LogP) is 3.74. The molecule has 110 valence electrons. The minimum absolute atomic E-state index is 0.0630. The summed E-state index contributed by atoms with van der Waals surface area (Å²) in [4.78, 5) is 11.5. The summed E-state index contributed by atoms with van der Waals surface area (Å²) in [5.74, 6) is 0.0630. The van der Waals surface area contributed by atoms with Gasteiger partial charge in [-0.05, 0) is 42.3 Å². The zero-order chi connectivity index (χ0) is 15.1. The summed E-state index contributed by atoms with van der Waals surface area (Å²) in [6.45, 7) is 3.38. The predicted molar refractivity (Wildman–Crippen MR) is 90.3 cm³/mol. The minimum Gasteiger partial charge on any atom is -0.381 e. The first kappa shape index (κ1) is 15.6. The molecule has 0 aliphatic heterocycles. The molecule has 0 saturated heterocycles. The SMILES string of the molecule is CCNC(=O)Cc1ccc(NCc2ccc(Br)cc2)cc1. The molecule has 0 saturated carbocycles. The lowest BCUT2D eigenvalue weighted by Gasteiger charge is -2.08. The van der Waals surface area contributed by atoms with E-state index in [1.165, 1.54) is 5.56 Å². The first-order valence-electron chi connectivity index (χ1n) is 7.01. The Kier molecular flexibility index (Phi) is 5.81. The van der Waals surface area contributed by atoms with E-state index in [1.54, 1.807) is 0 Å². The molecule has 3 nitrogen and oxygen atoms in total. The Hall–Kier alpha value is -1.81. The lowest BCUT2D eigenvalue weighted by molar-refractivity contribution is -0.120. The minimum atomic E-state index is 0.0630. The second kappa shape index (κ2) is 7.84. The highest BCUT2D eigenvalue weighted by atomic mass is 79.9. The van der Waals surface area contributed by atoms with Gasteiger partial charge in [-0.2, -0.15) is 0 Å². The number of hydrogen-bond acceptors (Lipinski definition) is 2. The van der Waals surface area contributed by atoms with Crippen LogP contribution in [-0.4, -0.2) is 12.5 Å². The van der Waals surface area contributed by atoms with E-state index < -0.39 is 0 Å². The van der Waals surface area contributed by atoms with Crippen LogP contribution < -0.4 is 10.6 Å². The van der Waals surface area contributed by atoms with Gasteiger partial charge in [0.1, 0.15) is 0 Å². The number of likely N-dealkylation sites (N-methyl/N-ethyl adjacent to an activating group) is 1. The molecule has 0 fully saturated rings. The van der Waals surface area contributed by atoms with Crippen molar-refractivity contribution in [2.45, 2.75) is 19.9 Å². The molecule has 0 radical (unpaired) electrons. The van der Waals surface area contributed by atoms with Gasteiger partial charge in [0.05, 0.1) is 6.42 Å².